The molecule has 8 aromatic carbocycles. The van der Waals surface area contributed by atoms with Crippen LogP contribution in [0.15, 0.2) is 170 Å². The Kier molecular flexibility index (Phi) is 32.4. The first-order valence-electron chi connectivity index (χ1n) is 21.5. The predicted molar refractivity (Wildman–Crippen MR) is 268 cm³/mol. The third-order valence-corrected chi connectivity index (χ3v) is 9.45. The maximum atomic E-state index is 8.12. The van der Waals surface area contributed by atoms with Gasteiger partial charge in [-0.2, -0.15) is 28.8 Å². The van der Waals surface area contributed by atoms with E-state index in [0.717, 1.165) is 0 Å². The molecule has 0 N–H and O–H groups in total. The summed E-state index contributed by atoms with van der Waals surface area (Å²) in [6.07, 6.45) is 0.750. The Morgan fingerprint density at radius 3 is 0.899 bits per heavy atom. The topological polar surface area (TPSA) is 149 Å². The lowest BCUT2D eigenvalue weighted by molar-refractivity contribution is -0.193. The molecule has 0 aliphatic carbocycles. The standard InChI is InChI=1S/2C13H14O.C12H12O.C9H12O.C8H10O.3CO2/c2*1-10-3-5-13-8-11(9-14-2)4-6-12(13)7-10;1-13-9-10-6-7-11-4-2-3-5-12(11)8-10;1-8-3-5-9(6-4-8)7-10-2;1-9-7-8-5-3-2-4-6-8;3*2-1-3/h2*3-8H,9H2,1-2H3;2-8H,9H2,1H3;3-6H,7H2,1-2H3;2-6H,7H2,1H3;;;. The third-order valence-electron chi connectivity index (χ3n) is 9.45. The van der Waals surface area contributed by atoms with Gasteiger partial charge in [0, 0.05) is 35.5 Å². The average molecular weight is 935 g/mol. The first kappa shape index (κ1) is 59.5. The second kappa shape index (κ2) is 37.6. The number of hydrogen-bond donors (Lipinski definition) is 0. The van der Waals surface area contributed by atoms with Gasteiger partial charge in [0.25, 0.3) is 0 Å². The highest BCUT2D eigenvalue weighted by Gasteiger charge is 1.98. The molecule has 0 atom stereocenters. The number of methoxy groups -OCH3 is 5. The van der Waals surface area contributed by atoms with Crippen LogP contribution >= 0.6 is 0 Å². The number of ether oxygens (including phenoxy) is 5. The van der Waals surface area contributed by atoms with Crippen molar-refractivity contribution in [2.45, 2.75) is 53.8 Å². The Morgan fingerprint density at radius 1 is 0.275 bits per heavy atom. The smallest absolute Gasteiger partial charge is 0.373 e. The van der Waals surface area contributed by atoms with Crippen molar-refractivity contribution in [3.8, 4) is 0 Å². The van der Waals surface area contributed by atoms with Gasteiger partial charge in [0.05, 0.1) is 33.0 Å². The second-order valence-corrected chi connectivity index (χ2v) is 14.9. The van der Waals surface area contributed by atoms with Crippen LogP contribution in [0.2, 0.25) is 0 Å². The molecular formula is C58H62O11. The molecule has 8 aromatic rings. The van der Waals surface area contributed by atoms with Crippen molar-refractivity contribution in [2.24, 2.45) is 0 Å². The molecule has 0 saturated heterocycles. The lowest BCUT2D eigenvalue weighted by Gasteiger charge is -2.03. The van der Waals surface area contributed by atoms with Crippen molar-refractivity contribution < 1.29 is 52.5 Å². The summed E-state index contributed by atoms with van der Waals surface area (Å²) < 4.78 is 25.2. The van der Waals surface area contributed by atoms with E-state index in [1.165, 1.54) is 76.8 Å². The summed E-state index contributed by atoms with van der Waals surface area (Å²) in [6, 6.07) is 59.1. The fourth-order valence-electron chi connectivity index (χ4n) is 6.43. The fraction of sp³-hybridized carbons (Fsp3) is 0.224. The van der Waals surface area contributed by atoms with Gasteiger partial charge in [-0.1, -0.05) is 168 Å². The normalized spacial score (nSPS) is 9.33. The van der Waals surface area contributed by atoms with Gasteiger partial charge in [-0.3, -0.25) is 0 Å². The van der Waals surface area contributed by atoms with E-state index in [-0.39, 0.29) is 18.5 Å². The molecule has 0 bridgehead atoms. The van der Waals surface area contributed by atoms with Crippen LogP contribution in [0.25, 0.3) is 32.3 Å². The zero-order valence-electron chi connectivity index (χ0n) is 40.7. The highest BCUT2D eigenvalue weighted by Crippen LogP contribution is 2.20. The summed E-state index contributed by atoms with van der Waals surface area (Å²) >= 11 is 0. The number of carbonyl (C=O) groups excluding carboxylic acids is 6. The Morgan fingerprint density at radius 2 is 0.522 bits per heavy atom. The summed E-state index contributed by atoms with van der Waals surface area (Å²) in [5.41, 5.74) is 10.0. The Bertz CT molecular complexity index is 2620. The Hall–Kier alpha value is -7.52. The summed E-state index contributed by atoms with van der Waals surface area (Å²) in [7, 11) is 8.57. The minimum Gasteiger partial charge on any atom is -0.380 e. The van der Waals surface area contributed by atoms with Crippen molar-refractivity contribution in [2.75, 3.05) is 35.5 Å². The van der Waals surface area contributed by atoms with Crippen LogP contribution in [-0.2, 0) is 85.5 Å². The molecule has 0 heterocycles. The molecule has 8 rings (SSSR count). The van der Waals surface area contributed by atoms with Crippen LogP contribution in [0.5, 0.6) is 0 Å². The van der Waals surface area contributed by atoms with Crippen molar-refractivity contribution >= 4 is 50.8 Å². The molecule has 0 amide bonds. The van der Waals surface area contributed by atoms with Crippen molar-refractivity contribution in [1.29, 1.82) is 0 Å². The van der Waals surface area contributed by atoms with E-state index in [4.69, 9.17) is 52.5 Å². The molecule has 11 nitrogen and oxygen atoms in total. The molecule has 69 heavy (non-hydrogen) atoms. The van der Waals surface area contributed by atoms with Gasteiger partial charge in [0.1, 0.15) is 0 Å². The first-order chi connectivity index (χ1) is 33.5. The number of hydrogen-bond acceptors (Lipinski definition) is 11. The van der Waals surface area contributed by atoms with E-state index >= 15 is 0 Å². The largest absolute Gasteiger partial charge is 0.380 e. The van der Waals surface area contributed by atoms with Crippen LogP contribution in [0.4, 0.5) is 0 Å². The maximum Gasteiger partial charge on any atom is 0.373 e. The summed E-state index contributed by atoms with van der Waals surface area (Å²) in [5, 5.41) is 7.71. The number of rotatable bonds is 10. The summed E-state index contributed by atoms with van der Waals surface area (Å²) in [4.78, 5) is 48.8. The lowest BCUT2D eigenvalue weighted by Crippen LogP contribution is -1.87. The van der Waals surface area contributed by atoms with E-state index in [9.17, 15) is 0 Å². The predicted octanol–water partition coefficient (Wildman–Crippen LogP) is 11.8. The van der Waals surface area contributed by atoms with Gasteiger partial charge in [-0.05, 0) is 99.1 Å². The SMILES string of the molecule is COCc1ccc(C)cc1.COCc1ccc2cc(C)ccc2c1.COCc1ccc2cc(C)ccc2c1.COCc1ccc2ccccc2c1.COCc1ccccc1.O=C=O.O=C=O.O=C=O. The minimum atomic E-state index is 0.250. The number of fused-ring (bicyclic) bond motifs is 3. The van der Waals surface area contributed by atoms with Crippen molar-refractivity contribution in [3.05, 3.63) is 214 Å². The molecule has 0 fully saturated rings. The second-order valence-electron chi connectivity index (χ2n) is 14.9. The average Bonchev–Trinajstić information content (AvgIpc) is 3.35. The van der Waals surface area contributed by atoms with Crippen LogP contribution in [-0.4, -0.2) is 54.0 Å². The quantitative estimate of drug-likeness (QED) is 0.129. The van der Waals surface area contributed by atoms with E-state index in [0.29, 0.717) is 33.0 Å². The van der Waals surface area contributed by atoms with Gasteiger partial charge >= 0.3 is 18.5 Å². The molecule has 0 aliphatic heterocycles. The molecule has 11 heteroatoms. The zero-order chi connectivity index (χ0) is 51.1. The van der Waals surface area contributed by atoms with Gasteiger partial charge < -0.3 is 23.7 Å². The zero-order valence-corrected chi connectivity index (χ0v) is 40.7. The molecule has 360 valence electrons. The summed E-state index contributed by atoms with van der Waals surface area (Å²) in [6.45, 7) is 9.78. The van der Waals surface area contributed by atoms with Crippen LogP contribution in [0.3, 0.4) is 0 Å². The Labute approximate surface area is 405 Å². The monoisotopic (exact) mass is 934 g/mol. The van der Waals surface area contributed by atoms with Crippen LogP contribution in [0.1, 0.15) is 44.5 Å². The fourth-order valence-corrected chi connectivity index (χ4v) is 6.43. The van der Waals surface area contributed by atoms with Gasteiger partial charge in [0.15, 0.2) is 0 Å². The highest BCUT2D eigenvalue weighted by atomic mass is 16.5. The highest BCUT2D eigenvalue weighted by molar-refractivity contribution is 5.85. The third kappa shape index (κ3) is 25.8. The van der Waals surface area contributed by atoms with Crippen LogP contribution in [0, 0.1) is 20.8 Å². The van der Waals surface area contributed by atoms with Gasteiger partial charge in [0.2, 0.25) is 0 Å². The lowest BCUT2D eigenvalue weighted by atomic mass is 10.1. The molecule has 0 radical (unpaired) electrons. The first-order valence-corrected chi connectivity index (χ1v) is 21.5. The van der Waals surface area contributed by atoms with Gasteiger partial charge in [-0.25, -0.2) is 0 Å². The molecule has 0 aliphatic rings. The Balaban J connectivity index is 0.000000416. The summed E-state index contributed by atoms with van der Waals surface area (Å²) in [5.74, 6) is 0. The van der Waals surface area contributed by atoms with E-state index < -0.39 is 0 Å². The molecule has 0 unspecified atom stereocenters. The number of benzene rings is 8. The van der Waals surface area contributed by atoms with E-state index in [1.807, 2.05) is 30.3 Å². The molecule has 0 aromatic heterocycles. The van der Waals surface area contributed by atoms with Crippen LogP contribution < -0.4 is 0 Å². The van der Waals surface area contributed by atoms with Crippen molar-refractivity contribution in [1.82, 2.24) is 0 Å². The van der Waals surface area contributed by atoms with Gasteiger partial charge in [-0.15, -0.1) is 0 Å². The molecule has 0 saturated carbocycles. The van der Waals surface area contributed by atoms with E-state index in [2.05, 4.69) is 160 Å². The molecular weight excluding hydrogens is 873 g/mol. The van der Waals surface area contributed by atoms with E-state index in [1.54, 1.807) is 35.5 Å². The number of aryl methyl sites for hydroxylation is 3. The molecule has 0 spiro atoms. The maximum absolute atomic E-state index is 8.12. The minimum absolute atomic E-state index is 0.250. The van der Waals surface area contributed by atoms with Crippen molar-refractivity contribution in [3.63, 3.8) is 0 Å².